The Bertz CT molecular complexity index is 348. The van der Waals surface area contributed by atoms with E-state index in [-0.39, 0.29) is 6.54 Å². The Hall–Kier alpha value is -1.51. The number of halogens is 3. The summed E-state index contributed by atoms with van der Waals surface area (Å²) in [5.74, 6) is -0.496. The second kappa shape index (κ2) is 6.09. The van der Waals surface area contributed by atoms with Crippen molar-refractivity contribution in [3.63, 3.8) is 0 Å². The Morgan fingerprint density at radius 3 is 2.58 bits per heavy atom. The highest BCUT2D eigenvalue weighted by molar-refractivity contribution is 5.85. The van der Waals surface area contributed by atoms with Gasteiger partial charge in [-0.3, -0.25) is 14.5 Å². The molecular formula is C10H15F3N2O4. The molecule has 0 unspecified atom stereocenters. The van der Waals surface area contributed by atoms with Gasteiger partial charge in [0.25, 0.3) is 5.91 Å². The summed E-state index contributed by atoms with van der Waals surface area (Å²) in [6, 6.07) is -0.842. The SMILES string of the molecule is CON(C)C(=O)[C@@H]1CCCN1C(=O)OCC(F)(F)F. The molecule has 19 heavy (non-hydrogen) atoms. The molecule has 0 aromatic rings. The maximum atomic E-state index is 12.0. The Morgan fingerprint density at radius 2 is 2.05 bits per heavy atom. The van der Waals surface area contributed by atoms with E-state index in [4.69, 9.17) is 4.84 Å². The standard InChI is InChI=1S/C10H15F3N2O4/c1-14(18-2)8(16)7-4-3-5-15(7)9(17)19-6-10(11,12)13/h7H,3-6H2,1-2H3/t7-/m0/s1. The lowest BCUT2D eigenvalue weighted by atomic mass is 10.2. The van der Waals surface area contributed by atoms with Gasteiger partial charge in [-0.05, 0) is 12.8 Å². The van der Waals surface area contributed by atoms with E-state index in [1.807, 2.05) is 0 Å². The lowest BCUT2D eigenvalue weighted by Gasteiger charge is -2.26. The van der Waals surface area contributed by atoms with Gasteiger partial charge in [0.05, 0.1) is 7.11 Å². The normalized spacial score (nSPS) is 19.4. The molecule has 1 fully saturated rings. The molecule has 0 aromatic carbocycles. The maximum absolute atomic E-state index is 12.0. The van der Waals surface area contributed by atoms with E-state index >= 15 is 0 Å². The summed E-state index contributed by atoms with van der Waals surface area (Å²) in [6.07, 6.45) is -4.83. The lowest BCUT2D eigenvalue weighted by Crippen LogP contribution is -2.46. The van der Waals surface area contributed by atoms with Gasteiger partial charge in [-0.15, -0.1) is 0 Å². The number of hydrogen-bond acceptors (Lipinski definition) is 4. The third-order valence-corrected chi connectivity index (χ3v) is 2.72. The average Bonchev–Trinajstić information content (AvgIpc) is 2.82. The molecule has 0 aromatic heterocycles. The number of likely N-dealkylation sites (tertiary alicyclic amines) is 1. The highest BCUT2D eigenvalue weighted by Crippen LogP contribution is 2.21. The minimum Gasteiger partial charge on any atom is -0.440 e. The van der Waals surface area contributed by atoms with Crippen LogP contribution in [0.4, 0.5) is 18.0 Å². The molecule has 0 radical (unpaired) electrons. The van der Waals surface area contributed by atoms with Gasteiger partial charge < -0.3 is 4.74 Å². The molecular weight excluding hydrogens is 269 g/mol. The molecule has 0 saturated carbocycles. The Morgan fingerprint density at radius 1 is 1.42 bits per heavy atom. The van der Waals surface area contributed by atoms with Crippen molar-refractivity contribution in [2.75, 3.05) is 27.3 Å². The molecule has 0 N–H and O–H groups in total. The highest BCUT2D eigenvalue weighted by Gasteiger charge is 2.38. The van der Waals surface area contributed by atoms with Gasteiger partial charge in [0.2, 0.25) is 0 Å². The van der Waals surface area contributed by atoms with Gasteiger partial charge in [-0.1, -0.05) is 0 Å². The number of likely N-dealkylation sites (N-methyl/N-ethyl adjacent to an activating group) is 1. The van der Waals surface area contributed by atoms with Gasteiger partial charge in [0.1, 0.15) is 6.04 Å². The Labute approximate surface area is 108 Å². The van der Waals surface area contributed by atoms with Crippen LogP contribution in [0.1, 0.15) is 12.8 Å². The predicted molar refractivity (Wildman–Crippen MR) is 56.9 cm³/mol. The van der Waals surface area contributed by atoms with Gasteiger partial charge in [0, 0.05) is 13.6 Å². The van der Waals surface area contributed by atoms with E-state index in [1.54, 1.807) is 0 Å². The number of hydroxylamine groups is 2. The molecule has 1 atom stereocenters. The van der Waals surface area contributed by atoms with Crippen LogP contribution in [0.5, 0.6) is 0 Å². The fourth-order valence-electron chi connectivity index (χ4n) is 1.77. The minimum absolute atomic E-state index is 0.185. The van der Waals surface area contributed by atoms with E-state index in [2.05, 4.69) is 4.74 Å². The molecule has 1 heterocycles. The topological polar surface area (TPSA) is 59.1 Å². The third kappa shape index (κ3) is 4.27. The van der Waals surface area contributed by atoms with Crippen LogP contribution in [0.15, 0.2) is 0 Å². The van der Waals surface area contributed by atoms with Crippen molar-refractivity contribution < 1.29 is 32.3 Å². The summed E-state index contributed by atoms with van der Waals surface area (Å²) in [5, 5.41) is 0.931. The summed E-state index contributed by atoms with van der Waals surface area (Å²) in [5.41, 5.74) is 0. The van der Waals surface area contributed by atoms with Crippen molar-refractivity contribution in [1.29, 1.82) is 0 Å². The fraction of sp³-hybridized carbons (Fsp3) is 0.800. The molecule has 1 rings (SSSR count). The second-order valence-corrected chi connectivity index (χ2v) is 4.04. The van der Waals surface area contributed by atoms with E-state index in [1.165, 1.54) is 14.2 Å². The molecule has 2 amide bonds. The zero-order chi connectivity index (χ0) is 14.6. The number of rotatable bonds is 3. The van der Waals surface area contributed by atoms with E-state index in [0.717, 1.165) is 9.96 Å². The first kappa shape index (κ1) is 15.5. The van der Waals surface area contributed by atoms with E-state index in [0.29, 0.717) is 12.8 Å². The Balaban J connectivity index is 2.61. The molecule has 0 bridgehead atoms. The maximum Gasteiger partial charge on any atom is 0.422 e. The number of carbonyl (C=O) groups is 2. The van der Waals surface area contributed by atoms with Crippen LogP contribution in [0.25, 0.3) is 0 Å². The summed E-state index contributed by atoms with van der Waals surface area (Å²) >= 11 is 0. The van der Waals surface area contributed by atoms with Crippen LogP contribution >= 0.6 is 0 Å². The zero-order valence-corrected chi connectivity index (χ0v) is 10.6. The van der Waals surface area contributed by atoms with Crippen molar-refractivity contribution in [2.45, 2.75) is 25.1 Å². The van der Waals surface area contributed by atoms with Crippen LogP contribution in [0.2, 0.25) is 0 Å². The number of ether oxygens (including phenoxy) is 1. The smallest absolute Gasteiger partial charge is 0.422 e. The minimum atomic E-state index is -4.59. The van der Waals surface area contributed by atoms with Crippen molar-refractivity contribution in [2.24, 2.45) is 0 Å². The van der Waals surface area contributed by atoms with Crippen molar-refractivity contribution in [3.8, 4) is 0 Å². The first-order valence-corrected chi connectivity index (χ1v) is 5.58. The molecule has 110 valence electrons. The van der Waals surface area contributed by atoms with Crippen LogP contribution in [-0.4, -0.2) is 61.5 Å². The average molecular weight is 284 g/mol. The van der Waals surface area contributed by atoms with Crippen LogP contribution < -0.4 is 0 Å². The molecule has 0 spiro atoms. The van der Waals surface area contributed by atoms with Crippen molar-refractivity contribution in [3.05, 3.63) is 0 Å². The van der Waals surface area contributed by atoms with Crippen LogP contribution in [0.3, 0.4) is 0 Å². The molecule has 6 nitrogen and oxygen atoms in total. The van der Waals surface area contributed by atoms with Crippen molar-refractivity contribution in [1.82, 2.24) is 9.96 Å². The second-order valence-electron chi connectivity index (χ2n) is 4.04. The van der Waals surface area contributed by atoms with Gasteiger partial charge in [-0.25, -0.2) is 9.86 Å². The van der Waals surface area contributed by atoms with Gasteiger partial charge >= 0.3 is 12.3 Å². The first-order valence-electron chi connectivity index (χ1n) is 5.58. The number of carbonyl (C=O) groups excluding carboxylic acids is 2. The third-order valence-electron chi connectivity index (χ3n) is 2.72. The highest BCUT2D eigenvalue weighted by atomic mass is 19.4. The van der Waals surface area contributed by atoms with Crippen molar-refractivity contribution >= 4 is 12.0 Å². The van der Waals surface area contributed by atoms with Crippen LogP contribution in [0, 0.1) is 0 Å². The van der Waals surface area contributed by atoms with Gasteiger partial charge in [-0.2, -0.15) is 13.2 Å². The quantitative estimate of drug-likeness (QED) is 0.730. The van der Waals surface area contributed by atoms with E-state index in [9.17, 15) is 22.8 Å². The predicted octanol–water partition coefficient (Wildman–Crippen LogP) is 1.17. The first-order chi connectivity index (χ1) is 8.76. The van der Waals surface area contributed by atoms with E-state index < -0.39 is 30.8 Å². The summed E-state index contributed by atoms with van der Waals surface area (Å²) in [6.45, 7) is -1.48. The lowest BCUT2D eigenvalue weighted by molar-refractivity contribution is -0.174. The molecule has 1 aliphatic rings. The molecule has 1 aliphatic heterocycles. The largest absolute Gasteiger partial charge is 0.440 e. The number of amides is 2. The number of alkyl halides is 3. The monoisotopic (exact) mass is 284 g/mol. The summed E-state index contributed by atoms with van der Waals surface area (Å²) in [4.78, 5) is 29.0. The molecule has 9 heteroatoms. The van der Waals surface area contributed by atoms with Gasteiger partial charge in [0.15, 0.2) is 6.61 Å². The molecule has 1 saturated heterocycles. The number of nitrogens with zero attached hydrogens (tertiary/aromatic N) is 2. The number of hydrogen-bond donors (Lipinski definition) is 0. The summed E-state index contributed by atoms with van der Waals surface area (Å²) in [7, 11) is 2.64. The fourth-order valence-corrected chi connectivity index (χ4v) is 1.77. The summed E-state index contributed by atoms with van der Waals surface area (Å²) < 4.78 is 40.0. The zero-order valence-electron chi connectivity index (χ0n) is 10.6. The van der Waals surface area contributed by atoms with Crippen LogP contribution in [-0.2, 0) is 14.4 Å². The Kier molecular flexibility index (Phi) is 4.98. The molecule has 0 aliphatic carbocycles.